The molecule has 0 saturated heterocycles. The van der Waals surface area contributed by atoms with Crippen LogP contribution in [0.2, 0.25) is 0 Å². The van der Waals surface area contributed by atoms with Gasteiger partial charge < -0.3 is 16.2 Å². The fraction of sp³-hybridized carbons (Fsp3) is 0.583. The molecule has 1 amide bonds. The SMILES string of the molecule is CC(NC(=O)[C@H](N)C(C)(C)C)c1nc(C(=O)O)cs1. The van der Waals surface area contributed by atoms with Gasteiger partial charge in [-0.2, -0.15) is 0 Å². The lowest BCUT2D eigenvalue weighted by molar-refractivity contribution is -0.125. The minimum Gasteiger partial charge on any atom is -0.476 e. The predicted molar refractivity (Wildman–Crippen MR) is 73.1 cm³/mol. The molecule has 1 unspecified atom stereocenters. The van der Waals surface area contributed by atoms with Gasteiger partial charge in [0, 0.05) is 5.38 Å². The molecule has 0 saturated carbocycles. The lowest BCUT2D eigenvalue weighted by atomic mass is 9.87. The summed E-state index contributed by atoms with van der Waals surface area (Å²) >= 11 is 1.20. The lowest BCUT2D eigenvalue weighted by Crippen LogP contribution is -2.49. The van der Waals surface area contributed by atoms with Gasteiger partial charge in [-0.1, -0.05) is 20.8 Å². The summed E-state index contributed by atoms with van der Waals surface area (Å²) in [5, 5.41) is 13.5. The molecule has 0 spiro atoms. The Labute approximate surface area is 116 Å². The number of hydrogen-bond acceptors (Lipinski definition) is 5. The van der Waals surface area contributed by atoms with E-state index in [-0.39, 0.29) is 23.1 Å². The molecule has 19 heavy (non-hydrogen) atoms. The Bertz CT molecular complexity index is 479. The van der Waals surface area contributed by atoms with Gasteiger partial charge in [-0.25, -0.2) is 9.78 Å². The Kier molecular flexibility index (Phi) is 4.65. The number of hydrogen-bond donors (Lipinski definition) is 3. The van der Waals surface area contributed by atoms with Crippen LogP contribution in [-0.4, -0.2) is 28.0 Å². The van der Waals surface area contributed by atoms with Gasteiger partial charge in [0.15, 0.2) is 5.69 Å². The molecule has 1 heterocycles. The Morgan fingerprint density at radius 1 is 1.47 bits per heavy atom. The van der Waals surface area contributed by atoms with Crippen LogP contribution in [0.15, 0.2) is 5.38 Å². The number of nitrogens with zero attached hydrogens (tertiary/aromatic N) is 1. The zero-order valence-corrected chi connectivity index (χ0v) is 12.2. The van der Waals surface area contributed by atoms with Crippen LogP contribution in [-0.2, 0) is 4.79 Å². The molecule has 0 aliphatic carbocycles. The second-order valence-electron chi connectivity index (χ2n) is 5.45. The van der Waals surface area contributed by atoms with Gasteiger partial charge in [0.1, 0.15) is 5.01 Å². The highest BCUT2D eigenvalue weighted by molar-refractivity contribution is 7.09. The molecular formula is C12H19N3O3S. The van der Waals surface area contributed by atoms with Crippen molar-refractivity contribution in [3.8, 4) is 0 Å². The van der Waals surface area contributed by atoms with Crippen molar-refractivity contribution in [2.24, 2.45) is 11.1 Å². The number of carboxylic acids is 1. The van der Waals surface area contributed by atoms with Crippen LogP contribution in [0.25, 0.3) is 0 Å². The molecule has 0 aliphatic rings. The number of rotatable bonds is 4. The summed E-state index contributed by atoms with van der Waals surface area (Å²) < 4.78 is 0. The van der Waals surface area contributed by atoms with Gasteiger partial charge in [-0.3, -0.25) is 4.79 Å². The minimum atomic E-state index is -1.08. The fourth-order valence-corrected chi connectivity index (χ4v) is 2.14. The zero-order valence-electron chi connectivity index (χ0n) is 11.4. The second kappa shape index (κ2) is 5.66. The third-order valence-electron chi connectivity index (χ3n) is 2.69. The van der Waals surface area contributed by atoms with Crippen molar-refractivity contribution in [2.75, 3.05) is 0 Å². The van der Waals surface area contributed by atoms with Crippen molar-refractivity contribution in [1.82, 2.24) is 10.3 Å². The molecule has 0 radical (unpaired) electrons. The van der Waals surface area contributed by atoms with Crippen molar-refractivity contribution in [3.05, 3.63) is 16.1 Å². The maximum absolute atomic E-state index is 11.9. The molecule has 0 aliphatic heterocycles. The molecule has 6 nitrogen and oxygen atoms in total. The van der Waals surface area contributed by atoms with Crippen molar-refractivity contribution in [1.29, 1.82) is 0 Å². The van der Waals surface area contributed by atoms with Crippen LogP contribution < -0.4 is 11.1 Å². The topological polar surface area (TPSA) is 105 Å². The molecule has 2 atom stereocenters. The molecular weight excluding hydrogens is 266 g/mol. The van der Waals surface area contributed by atoms with E-state index >= 15 is 0 Å². The van der Waals surface area contributed by atoms with E-state index in [0.29, 0.717) is 5.01 Å². The Balaban J connectivity index is 2.71. The first kappa shape index (κ1) is 15.6. The first-order valence-corrected chi connectivity index (χ1v) is 6.75. The highest BCUT2D eigenvalue weighted by Crippen LogP contribution is 2.21. The number of amides is 1. The van der Waals surface area contributed by atoms with E-state index < -0.39 is 12.0 Å². The van der Waals surface area contributed by atoms with Gasteiger partial charge in [0.2, 0.25) is 5.91 Å². The van der Waals surface area contributed by atoms with Crippen molar-refractivity contribution in [2.45, 2.75) is 39.8 Å². The maximum Gasteiger partial charge on any atom is 0.355 e. The third kappa shape index (κ3) is 4.00. The molecule has 1 aromatic heterocycles. The minimum absolute atomic E-state index is 0.0128. The molecule has 0 fully saturated rings. The Hall–Kier alpha value is -1.47. The lowest BCUT2D eigenvalue weighted by Gasteiger charge is -2.27. The number of carboxylic acid groups (broad SMARTS) is 1. The number of nitrogens with two attached hydrogens (primary N) is 1. The molecule has 106 valence electrons. The van der Waals surface area contributed by atoms with E-state index in [1.807, 2.05) is 20.8 Å². The number of aromatic carboxylic acids is 1. The summed E-state index contributed by atoms with van der Waals surface area (Å²) in [6, 6.07) is -0.993. The molecule has 4 N–H and O–H groups in total. The number of carbonyl (C=O) groups is 2. The molecule has 0 bridgehead atoms. The first-order valence-electron chi connectivity index (χ1n) is 5.87. The molecule has 1 aromatic rings. The van der Waals surface area contributed by atoms with Crippen LogP contribution in [0.3, 0.4) is 0 Å². The largest absolute Gasteiger partial charge is 0.476 e. The van der Waals surface area contributed by atoms with Gasteiger partial charge in [0.05, 0.1) is 12.1 Å². The average molecular weight is 285 g/mol. The van der Waals surface area contributed by atoms with Gasteiger partial charge >= 0.3 is 5.97 Å². The second-order valence-corrected chi connectivity index (χ2v) is 6.34. The van der Waals surface area contributed by atoms with E-state index in [0.717, 1.165) is 0 Å². The van der Waals surface area contributed by atoms with Crippen LogP contribution in [0.1, 0.15) is 49.2 Å². The number of nitrogens with one attached hydrogen (secondary N) is 1. The van der Waals surface area contributed by atoms with Crippen LogP contribution in [0.5, 0.6) is 0 Å². The summed E-state index contributed by atoms with van der Waals surface area (Å²) in [6.45, 7) is 7.40. The highest BCUT2D eigenvalue weighted by Gasteiger charge is 2.28. The van der Waals surface area contributed by atoms with Crippen molar-refractivity contribution >= 4 is 23.2 Å². The quantitative estimate of drug-likeness (QED) is 0.775. The normalized spacial score (nSPS) is 14.8. The molecule has 7 heteroatoms. The zero-order chi connectivity index (χ0) is 14.8. The van der Waals surface area contributed by atoms with Gasteiger partial charge in [-0.05, 0) is 12.3 Å². The number of carbonyl (C=O) groups excluding carboxylic acids is 1. The monoisotopic (exact) mass is 285 g/mol. The van der Waals surface area contributed by atoms with Crippen molar-refractivity contribution in [3.63, 3.8) is 0 Å². The summed E-state index contributed by atoms with van der Waals surface area (Å²) in [4.78, 5) is 26.6. The number of aromatic nitrogens is 1. The van der Waals surface area contributed by atoms with E-state index in [1.54, 1.807) is 6.92 Å². The van der Waals surface area contributed by atoms with Gasteiger partial charge in [-0.15, -0.1) is 11.3 Å². The first-order chi connectivity index (χ1) is 8.62. The van der Waals surface area contributed by atoms with E-state index in [4.69, 9.17) is 10.8 Å². The third-order valence-corrected chi connectivity index (χ3v) is 3.71. The fourth-order valence-electron chi connectivity index (χ4n) is 1.34. The predicted octanol–water partition coefficient (Wildman–Crippen LogP) is 1.39. The summed E-state index contributed by atoms with van der Waals surface area (Å²) in [5.41, 5.74) is 5.50. The van der Waals surface area contributed by atoms with Crippen LogP contribution in [0, 0.1) is 5.41 Å². The van der Waals surface area contributed by atoms with Crippen LogP contribution in [0.4, 0.5) is 0 Å². The van der Waals surface area contributed by atoms with Gasteiger partial charge in [0.25, 0.3) is 0 Å². The van der Waals surface area contributed by atoms with E-state index in [2.05, 4.69) is 10.3 Å². The maximum atomic E-state index is 11.9. The smallest absolute Gasteiger partial charge is 0.355 e. The Morgan fingerprint density at radius 3 is 2.47 bits per heavy atom. The summed E-state index contributed by atoms with van der Waals surface area (Å²) in [7, 11) is 0. The van der Waals surface area contributed by atoms with E-state index in [9.17, 15) is 9.59 Å². The summed E-state index contributed by atoms with van der Waals surface area (Å²) in [5.74, 6) is -1.35. The Morgan fingerprint density at radius 2 is 2.05 bits per heavy atom. The van der Waals surface area contributed by atoms with Crippen LogP contribution >= 0.6 is 11.3 Å². The standard InChI is InChI=1S/C12H19N3O3S/c1-6(10-15-7(5-19-10)11(17)18)14-9(16)8(13)12(2,3)4/h5-6,8H,13H2,1-4H3,(H,14,16)(H,17,18)/t6?,8-/m0/s1. The summed E-state index contributed by atoms with van der Waals surface area (Å²) in [6.07, 6.45) is 0. The molecule has 1 rings (SSSR count). The average Bonchev–Trinajstić information content (AvgIpc) is 2.75. The van der Waals surface area contributed by atoms with Crippen molar-refractivity contribution < 1.29 is 14.7 Å². The molecule has 0 aromatic carbocycles. The van der Waals surface area contributed by atoms with E-state index in [1.165, 1.54) is 16.7 Å². The highest BCUT2D eigenvalue weighted by atomic mass is 32.1. The number of thiazole rings is 1.